The number of carboxylic acids is 1. The van der Waals surface area contributed by atoms with Gasteiger partial charge in [-0.2, -0.15) is 0 Å². The lowest BCUT2D eigenvalue weighted by Crippen LogP contribution is -2.25. The van der Waals surface area contributed by atoms with E-state index in [9.17, 15) is 14.0 Å². The van der Waals surface area contributed by atoms with Crippen molar-refractivity contribution < 1.29 is 28.2 Å². The SMILES string of the molecule is CCc1oc(C(=O)Nc2ccc(OC3CCC3)c(F)c2)cc1C(=O)O. The monoisotopic (exact) mass is 347 g/mol. The van der Waals surface area contributed by atoms with Crippen molar-refractivity contribution in [2.45, 2.75) is 38.7 Å². The molecule has 0 atom stereocenters. The summed E-state index contributed by atoms with van der Waals surface area (Å²) >= 11 is 0. The lowest BCUT2D eigenvalue weighted by molar-refractivity contribution is 0.0694. The zero-order chi connectivity index (χ0) is 18.0. The lowest BCUT2D eigenvalue weighted by atomic mass is 9.96. The molecule has 0 radical (unpaired) electrons. The van der Waals surface area contributed by atoms with E-state index in [1.165, 1.54) is 18.2 Å². The highest BCUT2D eigenvalue weighted by Crippen LogP contribution is 2.28. The number of ether oxygens (including phenoxy) is 1. The van der Waals surface area contributed by atoms with E-state index in [0.717, 1.165) is 25.3 Å². The number of carbonyl (C=O) groups excluding carboxylic acids is 1. The third-order valence-corrected chi connectivity index (χ3v) is 4.12. The Bertz CT molecular complexity index is 810. The molecule has 0 saturated heterocycles. The summed E-state index contributed by atoms with van der Waals surface area (Å²) in [5.41, 5.74) is 0.179. The number of aryl methyl sites for hydroxylation is 1. The summed E-state index contributed by atoms with van der Waals surface area (Å²) < 4.78 is 24.9. The van der Waals surface area contributed by atoms with Crippen LogP contribution in [0.25, 0.3) is 0 Å². The number of carboxylic acid groups (broad SMARTS) is 1. The molecule has 0 spiro atoms. The Morgan fingerprint density at radius 2 is 2.12 bits per heavy atom. The van der Waals surface area contributed by atoms with E-state index in [4.69, 9.17) is 14.3 Å². The maximum atomic E-state index is 14.1. The zero-order valence-electron chi connectivity index (χ0n) is 13.7. The van der Waals surface area contributed by atoms with Gasteiger partial charge in [-0.3, -0.25) is 4.79 Å². The van der Waals surface area contributed by atoms with E-state index >= 15 is 0 Å². The Labute approximate surface area is 143 Å². The first kappa shape index (κ1) is 17.0. The first-order valence-corrected chi connectivity index (χ1v) is 8.11. The summed E-state index contributed by atoms with van der Waals surface area (Å²) in [6, 6.07) is 5.32. The molecule has 0 bridgehead atoms. The summed E-state index contributed by atoms with van der Waals surface area (Å²) in [5, 5.41) is 11.6. The molecule has 1 amide bonds. The molecule has 2 N–H and O–H groups in total. The largest absolute Gasteiger partial charge is 0.487 e. The standard InChI is InChI=1S/C18H18FNO5/c1-2-14-12(18(22)23)9-16(25-14)17(21)20-10-6-7-15(13(19)8-10)24-11-4-3-5-11/h6-9,11H,2-5H2,1H3,(H,20,21)(H,22,23). The average Bonchev–Trinajstić information content (AvgIpc) is 2.97. The van der Waals surface area contributed by atoms with E-state index in [1.54, 1.807) is 6.92 Å². The van der Waals surface area contributed by atoms with Crippen molar-refractivity contribution >= 4 is 17.6 Å². The van der Waals surface area contributed by atoms with Crippen molar-refractivity contribution in [3.63, 3.8) is 0 Å². The zero-order valence-corrected chi connectivity index (χ0v) is 13.7. The van der Waals surface area contributed by atoms with Crippen LogP contribution in [0.5, 0.6) is 5.75 Å². The summed E-state index contributed by atoms with van der Waals surface area (Å²) in [6.45, 7) is 1.73. The van der Waals surface area contributed by atoms with E-state index in [0.29, 0.717) is 6.42 Å². The summed E-state index contributed by atoms with van der Waals surface area (Å²) in [7, 11) is 0. The van der Waals surface area contributed by atoms with Crippen molar-refractivity contribution in [2.75, 3.05) is 5.32 Å². The van der Waals surface area contributed by atoms with Crippen LogP contribution in [0.1, 0.15) is 52.9 Å². The van der Waals surface area contributed by atoms with Crippen molar-refractivity contribution in [1.82, 2.24) is 0 Å². The molecule has 6 nitrogen and oxygen atoms in total. The highest BCUT2D eigenvalue weighted by atomic mass is 19.1. The Morgan fingerprint density at radius 3 is 2.64 bits per heavy atom. The average molecular weight is 347 g/mol. The van der Waals surface area contributed by atoms with Crippen molar-refractivity contribution in [2.24, 2.45) is 0 Å². The van der Waals surface area contributed by atoms with Gasteiger partial charge in [0.1, 0.15) is 11.3 Å². The van der Waals surface area contributed by atoms with Gasteiger partial charge in [0, 0.05) is 24.2 Å². The number of anilines is 1. The number of rotatable bonds is 6. The molecule has 7 heteroatoms. The van der Waals surface area contributed by atoms with Gasteiger partial charge in [-0.15, -0.1) is 0 Å². The van der Waals surface area contributed by atoms with Gasteiger partial charge in [-0.1, -0.05) is 6.92 Å². The predicted molar refractivity (Wildman–Crippen MR) is 87.7 cm³/mol. The maximum Gasteiger partial charge on any atom is 0.339 e. The molecule has 1 aliphatic rings. The minimum absolute atomic E-state index is 0.0527. The van der Waals surface area contributed by atoms with E-state index in [1.807, 2.05) is 0 Å². The molecule has 1 fully saturated rings. The van der Waals surface area contributed by atoms with Gasteiger partial charge < -0.3 is 19.6 Å². The van der Waals surface area contributed by atoms with Crippen LogP contribution in [0.15, 0.2) is 28.7 Å². The van der Waals surface area contributed by atoms with Gasteiger partial charge in [0.05, 0.1) is 6.10 Å². The van der Waals surface area contributed by atoms with Crippen LogP contribution in [0.3, 0.4) is 0 Å². The second kappa shape index (κ2) is 6.96. The van der Waals surface area contributed by atoms with Gasteiger partial charge in [0.15, 0.2) is 17.3 Å². The Morgan fingerprint density at radius 1 is 1.36 bits per heavy atom. The quantitative estimate of drug-likeness (QED) is 0.828. The number of hydrogen-bond donors (Lipinski definition) is 2. The normalized spacial score (nSPS) is 14.0. The van der Waals surface area contributed by atoms with E-state index in [-0.39, 0.29) is 34.6 Å². The lowest BCUT2D eigenvalue weighted by Gasteiger charge is -2.26. The fourth-order valence-electron chi connectivity index (χ4n) is 2.52. The number of hydrogen-bond acceptors (Lipinski definition) is 4. The second-order valence-electron chi connectivity index (χ2n) is 5.88. The van der Waals surface area contributed by atoms with Crippen molar-refractivity contribution in [3.8, 4) is 5.75 Å². The summed E-state index contributed by atoms with van der Waals surface area (Å²) in [5.74, 6) is -2.14. The highest BCUT2D eigenvalue weighted by Gasteiger charge is 2.22. The number of halogens is 1. The highest BCUT2D eigenvalue weighted by molar-refractivity contribution is 6.04. The first-order chi connectivity index (χ1) is 12.0. The molecule has 25 heavy (non-hydrogen) atoms. The van der Waals surface area contributed by atoms with Crippen molar-refractivity contribution in [1.29, 1.82) is 0 Å². The number of furan rings is 1. The minimum Gasteiger partial charge on any atom is -0.487 e. The van der Waals surface area contributed by atoms with Crippen molar-refractivity contribution in [3.05, 3.63) is 47.2 Å². The fourth-order valence-corrected chi connectivity index (χ4v) is 2.52. The first-order valence-electron chi connectivity index (χ1n) is 8.11. The van der Waals surface area contributed by atoms with E-state index in [2.05, 4.69) is 5.32 Å². The number of aromatic carboxylic acids is 1. The third kappa shape index (κ3) is 3.65. The van der Waals surface area contributed by atoms with Crippen LogP contribution in [-0.2, 0) is 6.42 Å². The van der Waals surface area contributed by atoms with Gasteiger partial charge in [-0.05, 0) is 31.4 Å². The van der Waals surface area contributed by atoms with Crippen LogP contribution in [0.4, 0.5) is 10.1 Å². The fraction of sp³-hybridized carbons (Fsp3) is 0.333. The van der Waals surface area contributed by atoms with E-state index < -0.39 is 17.7 Å². The maximum absolute atomic E-state index is 14.1. The molecule has 1 heterocycles. The van der Waals surface area contributed by atoms with Crippen LogP contribution in [0, 0.1) is 5.82 Å². The van der Waals surface area contributed by atoms with Crippen LogP contribution in [0.2, 0.25) is 0 Å². The molecule has 1 aliphatic carbocycles. The number of carbonyl (C=O) groups is 2. The molecule has 0 unspecified atom stereocenters. The number of amides is 1. The van der Waals surface area contributed by atoms with Gasteiger partial charge in [0.2, 0.25) is 0 Å². The molecular weight excluding hydrogens is 329 g/mol. The second-order valence-corrected chi connectivity index (χ2v) is 5.88. The summed E-state index contributed by atoms with van der Waals surface area (Å²) in [6.07, 6.45) is 3.32. The Kier molecular flexibility index (Phi) is 4.74. The number of nitrogens with one attached hydrogen (secondary N) is 1. The number of benzene rings is 1. The molecule has 1 saturated carbocycles. The van der Waals surface area contributed by atoms with Gasteiger partial charge >= 0.3 is 5.97 Å². The predicted octanol–water partition coefficient (Wildman–Crippen LogP) is 3.86. The smallest absolute Gasteiger partial charge is 0.339 e. The van der Waals surface area contributed by atoms with Crippen LogP contribution < -0.4 is 10.1 Å². The van der Waals surface area contributed by atoms with Gasteiger partial charge in [-0.25, -0.2) is 9.18 Å². The molecule has 1 aromatic heterocycles. The Hall–Kier alpha value is -2.83. The van der Waals surface area contributed by atoms with Crippen LogP contribution in [-0.4, -0.2) is 23.1 Å². The molecule has 2 aromatic rings. The topological polar surface area (TPSA) is 88.8 Å². The molecular formula is C18H18FNO5. The minimum atomic E-state index is -1.16. The molecule has 132 valence electrons. The van der Waals surface area contributed by atoms with Crippen LogP contribution >= 0.6 is 0 Å². The third-order valence-electron chi connectivity index (χ3n) is 4.12. The molecule has 0 aliphatic heterocycles. The Balaban J connectivity index is 1.72. The van der Waals surface area contributed by atoms with Gasteiger partial charge in [0.25, 0.3) is 5.91 Å². The summed E-state index contributed by atoms with van der Waals surface area (Å²) in [4.78, 5) is 23.3. The molecule has 1 aromatic carbocycles. The molecule has 3 rings (SSSR count).